The van der Waals surface area contributed by atoms with E-state index in [1.165, 1.54) is 4.57 Å². The van der Waals surface area contributed by atoms with Gasteiger partial charge in [-0.2, -0.15) is 5.10 Å². The third-order valence-electron chi connectivity index (χ3n) is 5.66. The number of para-hydroxylation sites is 1. The predicted molar refractivity (Wildman–Crippen MR) is 135 cm³/mol. The van der Waals surface area contributed by atoms with Gasteiger partial charge in [-0.25, -0.2) is 4.68 Å². The van der Waals surface area contributed by atoms with E-state index in [1.807, 2.05) is 71.5 Å². The summed E-state index contributed by atoms with van der Waals surface area (Å²) in [4.78, 5) is 28.4. The van der Waals surface area contributed by atoms with Crippen LogP contribution >= 0.6 is 12.2 Å². The normalized spacial score (nSPS) is 11.0. The molecule has 2 N–H and O–H groups in total. The van der Waals surface area contributed by atoms with Gasteiger partial charge < -0.3 is 10.3 Å². The molecular weight excluding hydrogens is 446 g/mol. The van der Waals surface area contributed by atoms with Gasteiger partial charge in [-0.15, -0.1) is 0 Å². The van der Waals surface area contributed by atoms with E-state index in [0.717, 1.165) is 22.5 Å². The standard InChI is InChI=1S/C26H21N5O2S/c1-30-25(33)21-13-12-18(14-22(21)28-26(30)34)24(32)27-15-19-16-31(20-10-6-3-7-11-20)29-23(19)17-8-4-2-5-9-17/h2-14,16H,15H2,1H3,(H,27,32)(H,28,34). The molecule has 2 heterocycles. The lowest BCUT2D eigenvalue weighted by molar-refractivity contribution is 0.0951. The molecule has 168 valence electrons. The van der Waals surface area contributed by atoms with Crippen LogP contribution in [0.1, 0.15) is 15.9 Å². The van der Waals surface area contributed by atoms with Crippen LogP contribution in [-0.2, 0) is 13.6 Å². The minimum atomic E-state index is -0.256. The molecule has 2 aromatic heterocycles. The maximum Gasteiger partial charge on any atom is 0.261 e. The predicted octanol–water partition coefficient (Wildman–Crippen LogP) is 4.38. The molecule has 0 unspecified atom stereocenters. The van der Waals surface area contributed by atoms with E-state index in [1.54, 1.807) is 25.2 Å². The Balaban J connectivity index is 1.45. The number of aromatic nitrogens is 4. The van der Waals surface area contributed by atoms with Gasteiger partial charge in [0.15, 0.2) is 4.77 Å². The smallest absolute Gasteiger partial charge is 0.261 e. The Bertz CT molecular complexity index is 1620. The first-order valence-electron chi connectivity index (χ1n) is 10.7. The number of benzene rings is 3. The van der Waals surface area contributed by atoms with Gasteiger partial charge in [-0.05, 0) is 42.5 Å². The minimum absolute atomic E-state index is 0.202. The molecule has 0 radical (unpaired) electrons. The van der Waals surface area contributed by atoms with E-state index < -0.39 is 0 Å². The van der Waals surface area contributed by atoms with Gasteiger partial charge in [0, 0.05) is 36.5 Å². The summed E-state index contributed by atoms with van der Waals surface area (Å²) >= 11 is 5.19. The summed E-state index contributed by atoms with van der Waals surface area (Å²) in [5.74, 6) is -0.256. The average molecular weight is 468 g/mol. The van der Waals surface area contributed by atoms with Crippen molar-refractivity contribution in [3.8, 4) is 16.9 Å². The van der Waals surface area contributed by atoms with Gasteiger partial charge in [-0.1, -0.05) is 48.5 Å². The van der Waals surface area contributed by atoms with Crippen LogP contribution in [-0.4, -0.2) is 25.2 Å². The zero-order valence-electron chi connectivity index (χ0n) is 18.4. The second-order valence-electron chi connectivity index (χ2n) is 7.89. The highest BCUT2D eigenvalue weighted by Crippen LogP contribution is 2.23. The van der Waals surface area contributed by atoms with Crippen LogP contribution in [0.2, 0.25) is 0 Å². The van der Waals surface area contributed by atoms with Gasteiger partial charge in [-0.3, -0.25) is 14.2 Å². The Hall–Kier alpha value is -4.30. The first kappa shape index (κ1) is 21.5. The molecular formula is C26H21N5O2S. The van der Waals surface area contributed by atoms with Crippen molar-refractivity contribution in [2.75, 3.05) is 0 Å². The van der Waals surface area contributed by atoms with E-state index in [2.05, 4.69) is 10.3 Å². The molecule has 8 heteroatoms. The lowest BCUT2D eigenvalue weighted by Gasteiger charge is -2.08. The molecule has 5 aromatic rings. The van der Waals surface area contributed by atoms with Crippen molar-refractivity contribution in [1.82, 2.24) is 24.6 Å². The summed E-state index contributed by atoms with van der Waals surface area (Å²) in [5.41, 5.74) is 4.35. The van der Waals surface area contributed by atoms with Gasteiger partial charge in [0.25, 0.3) is 11.5 Å². The minimum Gasteiger partial charge on any atom is -0.348 e. The van der Waals surface area contributed by atoms with Crippen molar-refractivity contribution in [2.45, 2.75) is 6.54 Å². The summed E-state index contributed by atoms with van der Waals surface area (Å²) in [6.45, 7) is 0.292. The Morgan fingerprint density at radius 2 is 1.74 bits per heavy atom. The van der Waals surface area contributed by atoms with Gasteiger partial charge in [0.2, 0.25) is 0 Å². The third-order valence-corrected chi connectivity index (χ3v) is 6.04. The number of nitrogens with zero attached hydrogens (tertiary/aromatic N) is 3. The number of rotatable bonds is 5. The lowest BCUT2D eigenvalue weighted by Crippen LogP contribution is -2.23. The number of hydrogen-bond acceptors (Lipinski definition) is 4. The van der Waals surface area contributed by atoms with Crippen LogP contribution in [0, 0.1) is 4.77 Å². The Morgan fingerprint density at radius 3 is 2.47 bits per heavy atom. The highest BCUT2D eigenvalue weighted by molar-refractivity contribution is 7.71. The molecule has 0 fully saturated rings. The summed E-state index contributed by atoms with van der Waals surface area (Å²) < 4.78 is 3.48. The van der Waals surface area contributed by atoms with Crippen molar-refractivity contribution in [3.63, 3.8) is 0 Å². The first-order valence-corrected chi connectivity index (χ1v) is 11.1. The van der Waals surface area contributed by atoms with Gasteiger partial charge in [0.1, 0.15) is 0 Å². The molecule has 1 amide bonds. The molecule has 0 atom stereocenters. The second-order valence-corrected chi connectivity index (χ2v) is 8.27. The number of aromatic amines is 1. The number of hydrogen-bond donors (Lipinski definition) is 2. The Labute approximate surface area is 200 Å². The van der Waals surface area contributed by atoms with Crippen molar-refractivity contribution in [1.29, 1.82) is 0 Å². The quantitative estimate of drug-likeness (QED) is 0.376. The summed E-state index contributed by atoms with van der Waals surface area (Å²) in [5, 5.41) is 8.24. The molecule has 0 aliphatic heterocycles. The van der Waals surface area contributed by atoms with Crippen molar-refractivity contribution >= 4 is 29.0 Å². The lowest BCUT2D eigenvalue weighted by atomic mass is 10.1. The van der Waals surface area contributed by atoms with E-state index in [-0.39, 0.29) is 11.5 Å². The van der Waals surface area contributed by atoms with Crippen LogP contribution in [0.15, 0.2) is 89.9 Å². The van der Waals surface area contributed by atoms with Crippen LogP contribution < -0.4 is 10.9 Å². The molecule has 0 aliphatic carbocycles. The topological polar surface area (TPSA) is 84.7 Å². The Kier molecular flexibility index (Phi) is 5.65. The number of carbonyl (C=O) groups excluding carboxylic acids is 1. The van der Waals surface area contributed by atoms with Crippen LogP contribution in [0.4, 0.5) is 0 Å². The fraction of sp³-hybridized carbons (Fsp3) is 0.0769. The van der Waals surface area contributed by atoms with Crippen LogP contribution in [0.5, 0.6) is 0 Å². The number of H-pyrrole nitrogens is 1. The van der Waals surface area contributed by atoms with E-state index in [4.69, 9.17) is 17.3 Å². The average Bonchev–Trinajstić information content (AvgIpc) is 3.31. The number of amides is 1. The first-order chi connectivity index (χ1) is 16.5. The molecule has 7 nitrogen and oxygen atoms in total. The molecule has 0 aliphatic rings. The van der Waals surface area contributed by atoms with E-state index in [9.17, 15) is 9.59 Å². The third kappa shape index (κ3) is 4.06. The summed E-state index contributed by atoms with van der Waals surface area (Å²) in [7, 11) is 1.61. The zero-order chi connectivity index (χ0) is 23.7. The number of nitrogens with one attached hydrogen (secondary N) is 2. The number of fused-ring (bicyclic) bond motifs is 1. The monoisotopic (exact) mass is 467 g/mol. The fourth-order valence-corrected chi connectivity index (χ4v) is 4.01. The Morgan fingerprint density at radius 1 is 1.03 bits per heavy atom. The maximum atomic E-state index is 13.0. The molecule has 5 rings (SSSR count). The van der Waals surface area contributed by atoms with Gasteiger partial charge in [0.05, 0.1) is 22.3 Å². The SMILES string of the molecule is Cn1c(=S)[nH]c2cc(C(=O)NCc3cn(-c4ccccc4)nc3-c3ccccc3)ccc2c1=O. The van der Waals surface area contributed by atoms with Crippen molar-refractivity contribution < 1.29 is 4.79 Å². The largest absolute Gasteiger partial charge is 0.348 e. The molecule has 34 heavy (non-hydrogen) atoms. The molecule has 3 aromatic carbocycles. The van der Waals surface area contributed by atoms with Crippen molar-refractivity contribution in [2.24, 2.45) is 7.05 Å². The molecule has 0 saturated carbocycles. The highest BCUT2D eigenvalue weighted by atomic mass is 32.1. The molecule has 0 spiro atoms. The van der Waals surface area contributed by atoms with Crippen molar-refractivity contribution in [3.05, 3.63) is 111 Å². The number of carbonyl (C=O) groups is 1. The summed E-state index contributed by atoms with van der Waals surface area (Å²) in [6, 6.07) is 24.6. The summed E-state index contributed by atoms with van der Waals surface area (Å²) in [6.07, 6.45) is 1.93. The van der Waals surface area contributed by atoms with Crippen LogP contribution in [0.25, 0.3) is 27.8 Å². The molecule has 0 saturated heterocycles. The van der Waals surface area contributed by atoms with Gasteiger partial charge >= 0.3 is 0 Å². The maximum absolute atomic E-state index is 13.0. The molecule has 0 bridgehead atoms. The highest BCUT2D eigenvalue weighted by Gasteiger charge is 2.15. The zero-order valence-corrected chi connectivity index (χ0v) is 19.2. The van der Waals surface area contributed by atoms with E-state index in [0.29, 0.717) is 27.8 Å². The second kappa shape index (κ2) is 8.92. The van der Waals surface area contributed by atoms with Crippen LogP contribution in [0.3, 0.4) is 0 Å². The fourth-order valence-electron chi connectivity index (χ4n) is 3.82. The van der Waals surface area contributed by atoms with E-state index >= 15 is 0 Å².